The second-order valence-electron chi connectivity index (χ2n) is 16.6. The third kappa shape index (κ3) is 16.5. The lowest BCUT2D eigenvalue weighted by Gasteiger charge is -2.40. The third-order valence-electron chi connectivity index (χ3n) is 11.4. The summed E-state index contributed by atoms with van der Waals surface area (Å²) in [6.07, 6.45) is 11.3. The molecule has 348 valence electrons. The quantitative estimate of drug-likeness (QED) is 0.0309. The second-order valence-corrected chi connectivity index (χ2v) is 16.6. The third-order valence-corrected chi connectivity index (χ3v) is 11.4. The smallest absolute Gasteiger partial charge is 0.311 e. The molecule has 12 nitrogen and oxygen atoms in total. The minimum absolute atomic E-state index is 0.00148. The number of nitrogens with zero attached hydrogens (tertiary/aromatic N) is 4. The Balaban J connectivity index is 0.000000300. The number of hydrogen-bond acceptors (Lipinski definition) is 10. The van der Waals surface area contributed by atoms with Gasteiger partial charge in [-0.2, -0.15) is 0 Å². The maximum atomic E-state index is 13.6. The summed E-state index contributed by atoms with van der Waals surface area (Å²) in [5, 5.41) is 8.22. The number of hydrogen-bond donors (Lipinski definition) is 2. The van der Waals surface area contributed by atoms with Gasteiger partial charge in [0.25, 0.3) is 0 Å². The molecule has 0 aliphatic carbocycles. The molecule has 66 heavy (non-hydrogen) atoms. The predicted molar refractivity (Wildman–Crippen MR) is 260 cm³/mol. The number of nitrogens with two attached hydrogens (primary N) is 1. The first kappa shape index (κ1) is 50.5. The van der Waals surface area contributed by atoms with E-state index >= 15 is 0 Å². The molecule has 1 saturated heterocycles. The zero-order valence-electron chi connectivity index (χ0n) is 38.6. The van der Waals surface area contributed by atoms with E-state index in [1.54, 1.807) is 9.91 Å². The molecule has 1 aliphatic heterocycles. The van der Waals surface area contributed by atoms with Crippen molar-refractivity contribution in [2.75, 3.05) is 19.6 Å². The van der Waals surface area contributed by atoms with Crippen LogP contribution in [0.1, 0.15) is 93.6 Å². The molecule has 1 aromatic heterocycles. The highest BCUT2D eigenvalue weighted by molar-refractivity contribution is 5.89. The van der Waals surface area contributed by atoms with E-state index in [1.807, 2.05) is 129 Å². The van der Waals surface area contributed by atoms with Crippen molar-refractivity contribution in [3.05, 3.63) is 156 Å². The summed E-state index contributed by atoms with van der Waals surface area (Å²) in [6, 6.07) is 43.4. The van der Waals surface area contributed by atoms with Gasteiger partial charge < -0.3 is 29.6 Å². The number of ether oxygens (including phenoxy) is 1. The maximum absolute atomic E-state index is 13.6. The number of piperazine rings is 1. The Hall–Kier alpha value is -6.47. The normalized spacial score (nSPS) is 13.5. The number of rotatable bonds is 21. The topological polar surface area (TPSA) is 151 Å². The number of amides is 2. The summed E-state index contributed by atoms with van der Waals surface area (Å²) < 4.78 is 10.9. The molecule has 0 spiro atoms. The molecule has 2 heterocycles. The number of unbranched alkanes of at least 4 members (excludes halogenated alkanes) is 8. The number of carbonyl (C=O) groups is 4. The van der Waals surface area contributed by atoms with Gasteiger partial charge in [-0.25, -0.2) is 10.4 Å². The molecule has 12 heteroatoms. The summed E-state index contributed by atoms with van der Waals surface area (Å²) in [5.41, 5.74) is 14.8. The molecule has 0 bridgehead atoms. The number of carbonyl (C=O) groups excluding carboxylic acids is 4. The first-order chi connectivity index (χ1) is 32.2. The zero-order valence-corrected chi connectivity index (χ0v) is 38.6. The van der Waals surface area contributed by atoms with Crippen LogP contribution in [-0.2, 0) is 38.8 Å². The molecule has 0 saturated carbocycles. The molecular formula is C54H66N6O6. The molecule has 0 radical (unpaired) electrons. The van der Waals surface area contributed by atoms with Crippen LogP contribution in [0.3, 0.4) is 0 Å². The van der Waals surface area contributed by atoms with Crippen molar-refractivity contribution in [1.29, 1.82) is 0 Å². The van der Waals surface area contributed by atoms with E-state index < -0.39 is 6.17 Å². The van der Waals surface area contributed by atoms with Crippen LogP contribution in [0.15, 0.2) is 138 Å². The fourth-order valence-electron chi connectivity index (χ4n) is 7.76. The number of esters is 1. The Morgan fingerprint density at radius 2 is 1.45 bits per heavy atom. The molecule has 2 amide bonds. The van der Waals surface area contributed by atoms with Crippen molar-refractivity contribution < 1.29 is 28.4 Å². The van der Waals surface area contributed by atoms with Gasteiger partial charge in [0.2, 0.25) is 11.8 Å². The number of fused-ring (bicyclic) bond motifs is 1. The largest absolute Gasteiger partial charge is 0.427 e. The second kappa shape index (κ2) is 27.8. The monoisotopic (exact) mass is 895 g/mol. The SMILES string of the molecule is C=O.CCCCCCCCCCCC(=O)Oc1ccc(C)cc1.NC1CN(Cc2cccc3ccccc23)C(=O)CN1C(=O)CN(Cc1cc(-c2ccccc2)no1)NCc1ccccc1. The van der Waals surface area contributed by atoms with E-state index in [2.05, 4.69) is 35.7 Å². The van der Waals surface area contributed by atoms with Gasteiger partial charge in [-0.1, -0.05) is 184 Å². The molecule has 3 N–H and O–H groups in total. The van der Waals surface area contributed by atoms with Crippen molar-refractivity contribution in [3.8, 4) is 17.0 Å². The van der Waals surface area contributed by atoms with Crippen LogP contribution in [0.2, 0.25) is 0 Å². The summed E-state index contributed by atoms with van der Waals surface area (Å²) in [5.74, 6) is 0.777. The lowest BCUT2D eigenvalue weighted by molar-refractivity contribution is -0.150. The van der Waals surface area contributed by atoms with Crippen molar-refractivity contribution in [2.45, 2.75) is 104 Å². The van der Waals surface area contributed by atoms with Gasteiger partial charge in [-0.3, -0.25) is 14.4 Å². The number of benzene rings is 5. The van der Waals surface area contributed by atoms with Gasteiger partial charge in [-0.05, 0) is 47.4 Å². The zero-order chi connectivity index (χ0) is 46.9. The standard InChI is InChI=1S/C34H34N6O3.C19H30O2.CH2O/c35-32-22-38(20-28-16-9-15-26-12-7-8-17-30(26)28)33(41)24-40(32)34(42)23-39(36-19-25-10-3-1-4-11-25)21-29-18-31(37-43-29)27-13-5-2-6-14-27;1-3-4-5-6-7-8-9-10-11-12-19(20)21-18-15-13-17(2)14-16-18;1-2/h1-18,32,36H,19-24,35H2;13-16H,3-12H2,1-2H3;1H2. The molecule has 7 rings (SSSR count). The summed E-state index contributed by atoms with van der Waals surface area (Å²) in [4.78, 5) is 49.7. The summed E-state index contributed by atoms with van der Waals surface area (Å²) >= 11 is 0. The Kier molecular flexibility index (Phi) is 21.3. The Labute approximate surface area is 390 Å². The molecule has 1 atom stereocenters. The number of aryl methyl sites for hydroxylation is 1. The van der Waals surface area contributed by atoms with Crippen molar-refractivity contribution >= 4 is 35.3 Å². The summed E-state index contributed by atoms with van der Waals surface area (Å²) in [6.45, 7) is 7.70. The Morgan fingerprint density at radius 1 is 0.818 bits per heavy atom. The fourth-order valence-corrected chi connectivity index (χ4v) is 7.76. The Bertz CT molecular complexity index is 2350. The van der Waals surface area contributed by atoms with E-state index in [1.165, 1.54) is 55.4 Å². The summed E-state index contributed by atoms with van der Waals surface area (Å²) in [7, 11) is 0. The van der Waals surface area contributed by atoms with Crippen molar-refractivity contribution in [3.63, 3.8) is 0 Å². The molecule has 1 aliphatic rings. The number of nitrogens with one attached hydrogen (secondary N) is 1. The predicted octanol–water partition coefficient (Wildman–Crippen LogP) is 9.79. The average molecular weight is 895 g/mol. The number of aromatic nitrogens is 1. The van der Waals surface area contributed by atoms with Gasteiger partial charge in [-0.15, -0.1) is 0 Å². The fraction of sp³-hybridized carbons (Fsp3) is 0.352. The van der Waals surface area contributed by atoms with Gasteiger partial charge in [0, 0.05) is 31.1 Å². The van der Waals surface area contributed by atoms with Crippen LogP contribution in [0.4, 0.5) is 0 Å². The van der Waals surface area contributed by atoms with Crippen LogP contribution < -0.4 is 15.9 Å². The van der Waals surface area contributed by atoms with Crippen molar-refractivity contribution in [1.82, 2.24) is 25.4 Å². The Morgan fingerprint density at radius 3 is 2.17 bits per heavy atom. The van der Waals surface area contributed by atoms with Crippen LogP contribution in [0, 0.1) is 6.92 Å². The molecule has 6 aromatic rings. The van der Waals surface area contributed by atoms with E-state index in [0.29, 0.717) is 37.6 Å². The first-order valence-corrected chi connectivity index (χ1v) is 23.1. The van der Waals surface area contributed by atoms with Crippen LogP contribution in [0.25, 0.3) is 22.0 Å². The molecule has 1 unspecified atom stereocenters. The minimum atomic E-state index is -0.619. The lowest BCUT2D eigenvalue weighted by Crippen LogP contribution is -2.62. The lowest BCUT2D eigenvalue weighted by atomic mass is 10.0. The maximum Gasteiger partial charge on any atom is 0.311 e. The van der Waals surface area contributed by atoms with E-state index in [-0.39, 0.29) is 37.4 Å². The first-order valence-electron chi connectivity index (χ1n) is 23.1. The minimum Gasteiger partial charge on any atom is -0.427 e. The highest BCUT2D eigenvalue weighted by Gasteiger charge is 2.34. The molecule has 1 fully saturated rings. The molecule has 5 aromatic carbocycles. The van der Waals surface area contributed by atoms with E-state index in [0.717, 1.165) is 46.0 Å². The van der Waals surface area contributed by atoms with E-state index in [4.69, 9.17) is 19.8 Å². The van der Waals surface area contributed by atoms with Crippen LogP contribution in [0.5, 0.6) is 5.75 Å². The number of hydrazine groups is 1. The van der Waals surface area contributed by atoms with E-state index in [9.17, 15) is 14.4 Å². The van der Waals surface area contributed by atoms with Crippen molar-refractivity contribution in [2.24, 2.45) is 5.73 Å². The molecular weight excluding hydrogens is 829 g/mol. The highest BCUT2D eigenvalue weighted by Crippen LogP contribution is 2.23. The van der Waals surface area contributed by atoms with Gasteiger partial charge in [0.15, 0.2) is 5.76 Å². The van der Waals surface area contributed by atoms with Crippen LogP contribution in [-0.4, -0.2) is 70.3 Å². The van der Waals surface area contributed by atoms with Crippen LogP contribution >= 0.6 is 0 Å². The van der Waals surface area contributed by atoms with Gasteiger partial charge in [0.1, 0.15) is 24.8 Å². The van der Waals surface area contributed by atoms with Gasteiger partial charge >= 0.3 is 5.97 Å². The average Bonchev–Trinajstić information content (AvgIpc) is 3.82. The highest BCUT2D eigenvalue weighted by atomic mass is 16.5. The van der Waals surface area contributed by atoms with Gasteiger partial charge in [0.05, 0.1) is 25.8 Å².